The standard InChI is InChI=1S/C18H23N5O2/c1-10(2)23-14(22-15-17(19)20-9-21-18(15)23)8-12-6-11(3)16(25-5)13(7-12)24-4/h6-7,9-10H,8H2,1-5H3,(H2,19,20,21). The Bertz CT molecular complexity index is 917. The summed E-state index contributed by atoms with van der Waals surface area (Å²) in [5.74, 6) is 2.75. The predicted octanol–water partition coefficient (Wildman–Crippen LogP) is 2.91. The SMILES string of the molecule is COc1cc(Cc2nc3c(N)ncnc3n2C(C)C)cc(C)c1OC. The van der Waals surface area contributed by atoms with Gasteiger partial charge < -0.3 is 19.8 Å². The van der Waals surface area contributed by atoms with E-state index in [4.69, 9.17) is 20.2 Å². The summed E-state index contributed by atoms with van der Waals surface area (Å²) in [5, 5.41) is 0. The third-order valence-electron chi connectivity index (χ3n) is 4.18. The highest BCUT2D eigenvalue weighted by atomic mass is 16.5. The van der Waals surface area contributed by atoms with Crippen LogP contribution in [0.1, 0.15) is 36.8 Å². The fourth-order valence-electron chi connectivity index (χ4n) is 3.15. The first-order chi connectivity index (χ1) is 12.0. The van der Waals surface area contributed by atoms with E-state index >= 15 is 0 Å². The number of methoxy groups -OCH3 is 2. The van der Waals surface area contributed by atoms with Crippen LogP contribution in [0.4, 0.5) is 5.82 Å². The molecule has 0 aliphatic heterocycles. The van der Waals surface area contributed by atoms with Gasteiger partial charge in [0.1, 0.15) is 12.2 Å². The fraction of sp³-hybridized carbons (Fsp3) is 0.389. The molecule has 0 aliphatic carbocycles. The molecule has 0 spiro atoms. The zero-order valence-corrected chi connectivity index (χ0v) is 15.2. The minimum Gasteiger partial charge on any atom is -0.493 e. The number of aromatic nitrogens is 4. The van der Waals surface area contributed by atoms with Crippen molar-refractivity contribution < 1.29 is 9.47 Å². The van der Waals surface area contributed by atoms with Crippen molar-refractivity contribution in [1.82, 2.24) is 19.5 Å². The summed E-state index contributed by atoms with van der Waals surface area (Å²) in [4.78, 5) is 13.1. The maximum Gasteiger partial charge on any atom is 0.165 e. The van der Waals surface area contributed by atoms with Crippen LogP contribution in [0.3, 0.4) is 0 Å². The molecular formula is C18H23N5O2. The number of hydrogen-bond acceptors (Lipinski definition) is 6. The van der Waals surface area contributed by atoms with Crippen LogP contribution in [0.2, 0.25) is 0 Å². The number of benzene rings is 1. The normalized spacial score (nSPS) is 11.3. The Hall–Kier alpha value is -2.83. The van der Waals surface area contributed by atoms with Crippen LogP contribution in [0.25, 0.3) is 11.2 Å². The van der Waals surface area contributed by atoms with Crippen LogP contribution in [0.15, 0.2) is 18.5 Å². The summed E-state index contributed by atoms with van der Waals surface area (Å²) < 4.78 is 13.0. The molecule has 7 nitrogen and oxygen atoms in total. The van der Waals surface area contributed by atoms with Crippen LogP contribution in [-0.2, 0) is 6.42 Å². The van der Waals surface area contributed by atoms with E-state index < -0.39 is 0 Å². The van der Waals surface area contributed by atoms with Crippen molar-refractivity contribution in [2.75, 3.05) is 20.0 Å². The van der Waals surface area contributed by atoms with Crippen molar-refractivity contribution >= 4 is 17.0 Å². The quantitative estimate of drug-likeness (QED) is 0.767. The molecule has 0 fully saturated rings. The average molecular weight is 341 g/mol. The lowest BCUT2D eigenvalue weighted by Crippen LogP contribution is -2.08. The molecule has 2 N–H and O–H groups in total. The first-order valence-corrected chi connectivity index (χ1v) is 8.15. The summed E-state index contributed by atoms with van der Waals surface area (Å²) in [6.07, 6.45) is 2.11. The molecule has 3 aromatic rings. The smallest absolute Gasteiger partial charge is 0.165 e. The zero-order valence-electron chi connectivity index (χ0n) is 15.2. The van der Waals surface area contributed by atoms with E-state index in [1.165, 1.54) is 6.33 Å². The molecule has 0 radical (unpaired) electrons. The number of hydrogen-bond donors (Lipinski definition) is 1. The molecule has 25 heavy (non-hydrogen) atoms. The number of rotatable bonds is 5. The summed E-state index contributed by atoms with van der Waals surface area (Å²) in [6.45, 7) is 6.20. The van der Waals surface area contributed by atoms with E-state index in [0.717, 1.165) is 28.3 Å². The molecule has 0 unspecified atom stereocenters. The Balaban J connectivity index is 2.11. The van der Waals surface area contributed by atoms with E-state index in [1.807, 2.05) is 13.0 Å². The lowest BCUT2D eigenvalue weighted by Gasteiger charge is -2.15. The van der Waals surface area contributed by atoms with Crippen LogP contribution in [0, 0.1) is 6.92 Å². The number of nitrogens with zero attached hydrogens (tertiary/aromatic N) is 4. The van der Waals surface area contributed by atoms with Gasteiger partial charge in [-0.1, -0.05) is 6.07 Å². The Morgan fingerprint density at radius 3 is 2.56 bits per heavy atom. The number of anilines is 1. The fourth-order valence-corrected chi connectivity index (χ4v) is 3.15. The largest absolute Gasteiger partial charge is 0.493 e. The van der Waals surface area contributed by atoms with E-state index in [9.17, 15) is 0 Å². The molecule has 132 valence electrons. The molecule has 0 aliphatic rings. The van der Waals surface area contributed by atoms with E-state index in [1.54, 1.807) is 14.2 Å². The number of fused-ring (bicyclic) bond motifs is 1. The first kappa shape index (κ1) is 17.0. The van der Waals surface area contributed by atoms with Gasteiger partial charge in [0.2, 0.25) is 0 Å². The Morgan fingerprint density at radius 2 is 1.92 bits per heavy atom. The Labute approximate surface area is 146 Å². The van der Waals surface area contributed by atoms with Gasteiger partial charge in [0.05, 0.1) is 14.2 Å². The molecular weight excluding hydrogens is 318 g/mol. The first-order valence-electron chi connectivity index (χ1n) is 8.15. The topological polar surface area (TPSA) is 88.1 Å². The van der Waals surface area contributed by atoms with Gasteiger partial charge in [-0.3, -0.25) is 0 Å². The van der Waals surface area contributed by atoms with Crippen LogP contribution < -0.4 is 15.2 Å². The lowest BCUT2D eigenvalue weighted by molar-refractivity contribution is 0.352. The maximum atomic E-state index is 5.98. The van der Waals surface area contributed by atoms with Crippen molar-refractivity contribution in [2.24, 2.45) is 0 Å². The zero-order chi connectivity index (χ0) is 18.1. The maximum absolute atomic E-state index is 5.98. The lowest BCUT2D eigenvalue weighted by atomic mass is 10.1. The van der Waals surface area contributed by atoms with Gasteiger partial charge in [-0.25, -0.2) is 15.0 Å². The van der Waals surface area contributed by atoms with E-state index in [-0.39, 0.29) is 6.04 Å². The van der Waals surface area contributed by atoms with Gasteiger partial charge in [0, 0.05) is 12.5 Å². The van der Waals surface area contributed by atoms with Gasteiger partial charge in [-0.15, -0.1) is 0 Å². The van der Waals surface area contributed by atoms with E-state index in [0.29, 0.717) is 23.5 Å². The summed E-state index contributed by atoms with van der Waals surface area (Å²) >= 11 is 0. The van der Waals surface area contributed by atoms with Gasteiger partial charge >= 0.3 is 0 Å². The highest BCUT2D eigenvalue weighted by molar-refractivity contribution is 5.82. The minimum atomic E-state index is 0.204. The van der Waals surface area contributed by atoms with Crippen LogP contribution >= 0.6 is 0 Å². The molecule has 3 rings (SSSR count). The summed E-state index contributed by atoms with van der Waals surface area (Å²) in [5.41, 5.74) is 9.48. The van der Waals surface area contributed by atoms with Crippen molar-refractivity contribution in [3.63, 3.8) is 0 Å². The predicted molar refractivity (Wildman–Crippen MR) is 97.2 cm³/mol. The molecule has 0 saturated heterocycles. The molecule has 1 aromatic carbocycles. The Morgan fingerprint density at radius 1 is 1.16 bits per heavy atom. The van der Waals surface area contributed by atoms with Crippen molar-refractivity contribution in [3.05, 3.63) is 35.4 Å². The molecule has 0 bridgehead atoms. The number of nitrogens with two attached hydrogens (primary N) is 1. The molecule has 0 amide bonds. The molecule has 7 heteroatoms. The van der Waals surface area contributed by atoms with Gasteiger partial charge in [0.15, 0.2) is 28.5 Å². The number of nitrogen functional groups attached to an aromatic ring is 1. The number of imidazole rings is 1. The summed E-state index contributed by atoms with van der Waals surface area (Å²) in [6, 6.07) is 4.27. The van der Waals surface area contributed by atoms with Crippen molar-refractivity contribution in [2.45, 2.75) is 33.2 Å². The summed E-state index contributed by atoms with van der Waals surface area (Å²) in [7, 11) is 3.28. The third kappa shape index (κ3) is 2.97. The highest BCUT2D eigenvalue weighted by Crippen LogP contribution is 2.33. The molecule has 0 atom stereocenters. The van der Waals surface area contributed by atoms with E-state index in [2.05, 4.69) is 34.4 Å². The van der Waals surface area contributed by atoms with Crippen LogP contribution in [0.5, 0.6) is 11.5 Å². The third-order valence-corrected chi connectivity index (χ3v) is 4.18. The Kier molecular flexibility index (Phi) is 4.48. The minimum absolute atomic E-state index is 0.204. The number of ether oxygens (including phenoxy) is 2. The average Bonchev–Trinajstić information content (AvgIpc) is 2.93. The molecule has 2 heterocycles. The second kappa shape index (κ2) is 6.58. The van der Waals surface area contributed by atoms with Gasteiger partial charge in [0.25, 0.3) is 0 Å². The monoisotopic (exact) mass is 341 g/mol. The van der Waals surface area contributed by atoms with Gasteiger partial charge in [-0.05, 0) is 38.0 Å². The van der Waals surface area contributed by atoms with Crippen molar-refractivity contribution in [1.29, 1.82) is 0 Å². The molecule has 0 saturated carbocycles. The second-order valence-corrected chi connectivity index (χ2v) is 6.25. The van der Waals surface area contributed by atoms with Crippen LogP contribution in [-0.4, -0.2) is 33.7 Å². The molecule has 2 aromatic heterocycles. The highest BCUT2D eigenvalue weighted by Gasteiger charge is 2.18. The van der Waals surface area contributed by atoms with Crippen molar-refractivity contribution in [3.8, 4) is 11.5 Å². The van der Waals surface area contributed by atoms with Gasteiger partial charge in [-0.2, -0.15) is 0 Å². The second-order valence-electron chi connectivity index (χ2n) is 6.25. The number of aryl methyl sites for hydroxylation is 1.